The van der Waals surface area contributed by atoms with Crippen LogP contribution in [0.4, 0.5) is 5.00 Å². The van der Waals surface area contributed by atoms with Crippen molar-refractivity contribution in [3.8, 4) is 0 Å². The van der Waals surface area contributed by atoms with Crippen LogP contribution in [0.2, 0.25) is 0 Å². The molecule has 84 valence electrons. The lowest BCUT2D eigenvalue weighted by atomic mass is 10.1. The Balaban J connectivity index is 1.97. The molecule has 0 aliphatic heterocycles. The average Bonchev–Trinajstić information content (AvgIpc) is 2.73. The molecule has 0 spiro atoms. The number of hydrogen-bond donors (Lipinski definition) is 2. The van der Waals surface area contributed by atoms with E-state index in [0.717, 1.165) is 6.54 Å². The monoisotopic (exact) mass is 232 g/mol. The number of benzene rings is 1. The molecule has 3 heteroatoms. The Morgan fingerprint density at radius 3 is 2.38 bits per heavy atom. The molecule has 1 heterocycles. The molecule has 0 saturated heterocycles. The van der Waals surface area contributed by atoms with Crippen LogP contribution in [-0.4, -0.2) is 0 Å². The highest BCUT2D eigenvalue weighted by Gasteiger charge is 1.99. The van der Waals surface area contributed by atoms with E-state index in [1.807, 2.05) is 0 Å². The summed E-state index contributed by atoms with van der Waals surface area (Å²) in [5.41, 5.74) is 9.33. The van der Waals surface area contributed by atoms with Crippen molar-refractivity contribution in [2.45, 2.75) is 20.0 Å². The molecule has 0 amide bonds. The average molecular weight is 232 g/mol. The van der Waals surface area contributed by atoms with Gasteiger partial charge in [0.15, 0.2) is 0 Å². The molecule has 0 aliphatic carbocycles. The summed E-state index contributed by atoms with van der Waals surface area (Å²) in [6.07, 6.45) is 0. The first-order valence-electron chi connectivity index (χ1n) is 5.35. The zero-order chi connectivity index (χ0) is 11.4. The van der Waals surface area contributed by atoms with E-state index in [2.05, 4.69) is 48.0 Å². The zero-order valence-electron chi connectivity index (χ0n) is 9.36. The highest BCUT2D eigenvalue weighted by atomic mass is 32.1. The van der Waals surface area contributed by atoms with Crippen molar-refractivity contribution in [1.82, 2.24) is 0 Å². The van der Waals surface area contributed by atoms with Crippen LogP contribution in [0.5, 0.6) is 0 Å². The molecular weight excluding hydrogens is 216 g/mol. The number of nitrogens with one attached hydrogen (secondary N) is 1. The number of rotatable bonds is 4. The second-order valence-electron chi connectivity index (χ2n) is 3.81. The zero-order valence-corrected chi connectivity index (χ0v) is 10.2. The second kappa shape index (κ2) is 5.14. The van der Waals surface area contributed by atoms with Gasteiger partial charge >= 0.3 is 0 Å². The van der Waals surface area contributed by atoms with Crippen LogP contribution in [0, 0.1) is 6.92 Å². The van der Waals surface area contributed by atoms with Crippen LogP contribution in [0.1, 0.15) is 16.7 Å². The van der Waals surface area contributed by atoms with Crippen molar-refractivity contribution in [2.75, 3.05) is 5.32 Å². The minimum atomic E-state index is 0.609. The van der Waals surface area contributed by atoms with Gasteiger partial charge in [-0.25, -0.2) is 0 Å². The van der Waals surface area contributed by atoms with Gasteiger partial charge in [0.25, 0.3) is 0 Å². The Kier molecular flexibility index (Phi) is 3.59. The summed E-state index contributed by atoms with van der Waals surface area (Å²) in [6, 6.07) is 10.5. The first kappa shape index (κ1) is 11.2. The smallest absolute Gasteiger partial charge is 0.0914 e. The summed E-state index contributed by atoms with van der Waals surface area (Å²) in [6.45, 7) is 3.60. The molecular formula is C13H16N2S. The Hall–Kier alpha value is -1.32. The van der Waals surface area contributed by atoms with Gasteiger partial charge in [0, 0.05) is 13.1 Å². The van der Waals surface area contributed by atoms with E-state index in [0.29, 0.717) is 6.54 Å². The van der Waals surface area contributed by atoms with Gasteiger partial charge in [-0.2, -0.15) is 0 Å². The first-order valence-corrected chi connectivity index (χ1v) is 6.23. The summed E-state index contributed by atoms with van der Waals surface area (Å²) in [5, 5.41) is 6.79. The number of hydrogen-bond acceptors (Lipinski definition) is 3. The summed E-state index contributed by atoms with van der Waals surface area (Å²) in [4.78, 5) is 0. The third kappa shape index (κ3) is 2.62. The molecule has 0 unspecified atom stereocenters. The van der Waals surface area contributed by atoms with Gasteiger partial charge in [-0.3, -0.25) is 0 Å². The maximum Gasteiger partial charge on any atom is 0.0914 e. The van der Waals surface area contributed by atoms with Gasteiger partial charge in [-0.1, -0.05) is 24.3 Å². The third-order valence-electron chi connectivity index (χ3n) is 2.57. The van der Waals surface area contributed by atoms with Gasteiger partial charge in [0.05, 0.1) is 5.00 Å². The van der Waals surface area contributed by atoms with E-state index in [1.165, 1.54) is 21.7 Å². The largest absolute Gasteiger partial charge is 0.373 e. The molecule has 2 aromatic rings. The molecule has 2 rings (SSSR count). The lowest BCUT2D eigenvalue weighted by Gasteiger charge is -2.06. The van der Waals surface area contributed by atoms with Crippen molar-refractivity contribution in [3.63, 3.8) is 0 Å². The fourth-order valence-corrected chi connectivity index (χ4v) is 2.35. The predicted molar refractivity (Wildman–Crippen MR) is 70.7 cm³/mol. The Morgan fingerprint density at radius 1 is 1.12 bits per heavy atom. The Bertz CT molecular complexity index is 445. The highest BCUT2D eigenvalue weighted by molar-refractivity contribution is 7.14. The number of nitrogens with two attached hydrogens (primary N) is 1. The van der Waals surface area contributed by atoms with E-state index in [1.54, 1.807) is 11.3 Å². The third-order valence-corrected chi connectivity index (χ3v) is 3.55. The van der Waals surface area contributed by atoms with Gasteiger partial charge in [0.2, 0.25) is 0 Å². The second-order valence-corrected chi connectivity index (χ2v) is 4.72. The summed E-state index contributed by atoms with van der Waals surface area (Å²) in [5.74, 6) is 0. The molecule has 0 fully saturated rings. The van der Waals surface area contributed by atoms with Crippen LogP contribution in [0.15, 0.2) is 35.7 Å². The number of thiophene rings is 1. The molecule has 0 aliphatic rings. The van der Waals surface area contributed by atoms with Crippen molar-refractivity contribution >= 4 is 16.3 Å². The van der Waals surface area contributed by atoms with E-state index in [9.17, 15) is 0 Å². The van der Waals surface area contributed by atoms with Gasteiger partial charge in [-0.05, 0) is 35.1 Å². The van der Waals surface area contributed by atoms with Crippen LogP contribution in [0.25, 0.3) is 0 Å². The van der Waals surface area contributed by atoms with Gasteiger partial charge in [-0.15, -0.1) is 11.3 Å². The molecule has 0 bridgehead atoms. The van der Waals surface area contributed by atoms with Crippen molar-refractivity contribution in [2.24, 2.45) is 5.73 Å². The van der Waals surface area contributed by atoms with E-state index in [4.69, 9.17) is 5.73 Å². The lowest BCUT2D eigenvalue weighted by Crippen LogP contribution is -2.00. The maximum absolute atomic E-state index is 5.56. The van der Waals surface area contributed by atoms with Crippen LogP contribution in [0.3, 0.4) is 0 Å². The summed E-state index contributed by atoms with van der Waals surface area (Å²) >= 11 is 1.75. The topological polar surface area (TPSA) is 38.0 Å². The molecule has 2 nitrogen and oxygen atoms in total. The highest BCUT2D eigenvalue weighted by Crippen LogP contribution is 2.22. The van der Waals surface area contributed by atoms with Crippen LogP contribution < -0.4 is 11.1 Å². The molecule has 16 heavy (non-hydrogen) atoms. The van der Waals surface area contributed by atoms with Gasteiger partial charge in [0.1, 0.15) is 0 Å². The van der Waals surface area contributed by atoms with Crippen LogP contribution >= 0.6 is 11.3 Å². The molecule has 0 atom stereocenters. The van der Waals surface area contributed by atoms with Gasteiger partial charge < -0.3 is 11.1 Å². The summed E-state index contributed by atoms with van der Waals surface area (Å²) < 4.78 is 0. The fourth-order valence-electron chi connectivity index (χ4n) is 1.53. The SMILES string of the molecule is Cc1ccsc1NCc1ccc(CN)cc1. The molecule has 1 aromatic heterocycles. The number of aryl methyl sites for hydroxylation is 1. The van der Waals surface area contributed by atoms with Crippen molar-refractivity contribution in [3.05, 3.63) is 52.4 Å². The Labute approximate surface area is 100 Å². The van der Waals surface area contributed by atoms with Crippen molar-refractivity contribution in [1.29, 1.82) is 0 Å². The molecule has 1 aromatic carbocycles. The molecule has 0 saturated carbocycles. The normalized spacial score (nSPS) is 10.4. The number of anilines is 1. The standard InChI is InChI=1S/C13H16N2S/c1-10-6-7-16-13(10)15-9-12-4-2-11(8-14)3-5-12/h2-7,15H,8-9,14H2,1H3. The summed E-state index contributed by atoms with van der Waals surface area (Å²) in [7, 11) is 0. The lowest BCUT2D eigenvalue weighted by molar-refractivity contribution is 1.06. The minimum absolute atomic E-state index is 0.609. The fraction of sp³-hybridized carbons (Fsp3) is 0.231. The van der Waals surface area contributed by atoms with E-state index >= 15 is 0 Å². The first-order chi connectivity index (χ1) is 7.79. The van der Waals surface area contributed by atoms with Crippen LogP contribution in [-0.2, 0) is 13.1 Å². The van der Waals surface area contributed by atoms with Crippen molar-refractivity contribution < 1.29 is 0 Å². The predicted octanol–water partition coefficient (Wildman–Crippen LogP) is 3.13. The molecule has 3 N–H and O–H groups in total. The van der Waals surface area contributed by atoms with E-state index in [-0.39, 0.29) is 0 Å². The Morgan fingerprint density at radius 2 is 1.81 bits per heavy atom. The quantitative estimate of drug-likeness (QED) is 0.850. The minimum Gasteiger partial charge on any atom is -0.373 e. The maximum atomic E-state index is 5.56. The van der Waals surface area contributed by atoms with E-state index < -0.39 is 0 Å². The molecule has 0 radical (unpaired) electrons.